The van der Waals surface area contributed by atoms with E-state index in [0.29, 0.717) is 20.6 Å². The van der Waals surface area contributed by atoms with Gasteiger partial charge in [-0.1, -0.05) is 83.1 Å². The minimum atomic E-state index is 0.150. The number of hydrogen-bond donors (Lipinski definition) is 0. The Hall–Kier alpha value is 1.50. The van der Waals surface area contributed by atoms with Crippen LogP contribution in [0.2, 0.25) is 0 Å². The van der Waals surface area contributed by atoms with E-state index >= 15 is 0 Å². The minimum Gasteiger partial charge on any atom is -0.226 e. The van der Waals surface area contributed by atoms with Gasteiger partial charge in [-0.3, -0.25) is 0 Å². The van der Waals surface area contributed by atoms with Crippen molar-refractivity contribution in [1.82, 2.24) is 0 Å². The second-order valence-electron chi connectivity index (χ2n) is 9.93. The van der Waals surface area contributed by atoms with Gasteiger partial charge in [-0.05, 0) is 20.6 Å². The fourth-order valence-corrected chi connectivity index (χ4v) is 73.6. The summed E-state index contributed by atoms with van der Waals surface area (Å²) in [5, 5.41) is 2.07. The molecule has 0 radical (unpaired) electrons. The molecule has 1 heterocycles. The average Bonchev–Trinajstić information content (AvgIpc) is 2.52. The third-order valence-corrected chi connectivity index (χ3v) is 48.8. The maximum absolute atomic E-state index is 2.54. The minimum absolute atomic E-state index is 0.150. The lowest BCUT2D eigenvalue weighted by atomic mass is 10.3. The van der Waals surface area contributed by atoms with E-state index in [-0.39, 0.29) is 27.6 Å². The molecule has 0 fully saturated rings. The van der Waals surface area contributed by atoms with E-state index in [4.69, 9.17) is 0 Å². The van der Waals surface area contributed by atoms with Crippen LogP contribution in [0.1, 0.15) is 83.1 Å². The topological polar surface area (TPSA) is 0 Å². The van der Waals surface area contributed by atoms with Crippen LogP contribution in [0.4, 0.5) is 0 Å². The van der Waals surface area contributed by atoms with Gasteiger partial charge in [0.15, 0.2) is 0 Å². The lowest BCUT2D eigenvalue weighted by Crippen LogP contribution is -2.07. The molecule has 1 aromatic rings. The fourth-order valence-electron chi connectivity index (χ4n) is 2.29. The van der Waals surface area contributed by atoms with E-state index in [9.17, 15) is 0 Å². The summed E-state index contributed by atoms with van der Waals surface area (Å²) in [7, 11) is 1.89. The van der Waals surface area contributed by atoms with Crippen molar-refractivity contribution in [3.63, 3.8) is 0 Å². The van der Waals surface area contributed by atoms with Crippen LogP contribution in [0.15, 0.2) is 0 Å². The molecule has 21 heavy (non-hydrogen) atoms. The van der Waals surface area contributed by atoms with Crippen molar-refractivity contribution in [1.29, 1.82) is 0 Å². The predicted molar refractivity (Wildman–Crippen MR) is 113 cm³/mol. The molecule has 5 heteroatoms. The average molecular weight is 383 g/mol. The Kier molecular flexibility index (Phi) is 5.96. The van der Waals surface area contributed by atoms with Gasteiger partial charge in [-0.25, -0.2) is 13.8 Å². The lowest BCUT2D eigenvalue weighted by Gasteiger charge is -2.43. The van der Waals surface area contributed by atoms with Crippen LogP contribution < -0.4 is 0 Å². The Morgan fingerprint density at radius 3 is 0.810 bits per heavy atom. The fraction of sp³-hybridized carbons (Fsp3) is 1.00. The van der Waals surface area contributed by atoms with E-state index in [0.717, 1.165) is 0 Å². The van der Waals surface area contributed by atoms with Crippen LogP contribution in [0.5, 0.6) is 0 Å². The zero-order valence-electron chi connectivity index (χ0n) is 16.2. The first kappa shape index (κ1) is 20.5. The van der Waals surface area contributed by atoms with Crippen molar-refractivity contribution < 1.29 is 0 Å². The van der Waals surface area contributed by atoms with Gasteiger partial charge in [0, 0.05) is 0 Å². The summed E-state index contributed by atoms with van der Waals surface area (Å²) < 4.78 is 0. The van der Waals surface area contributed by atoms with Gasteiger partial charge >= 0.3 is 0 Å². The Morgan fingerprint density at radius 1 is 0.429 bits per heavy atom. The van der Waals surface area contributed by atoms with E-state index in [1.54, 1.807) is 0 Å². The lowest BCUT2D eigenvalue weighted by molar-refractivity contribution is 0.705. The van der Waals surface area contributed by atoms with Crippen LogP contribution in [0.25, 0.3) is 0 Å². The zero-order valence-corrected chi connectivity index (χ0v) is 20.7. The van der Waals surface area contributed by atoms with Gasteiger partial charge in [-0.2, -0.15) is 21.3 Å². The molecule has 4 unspecified atom stereocenters. The molecule has 0 N–H and O–H groups in total. The van der Waals surface area contributed by atoms with Gasteiger partial charge in [-0.15, -0.1) is 0 Å². The van der Waals surface area contributed by atoms with E-state index in [1.807, 2.05) is 7.55 Å². The first-order chi connectivity index (χ1) is 8.97. The smallest absolute Gasteiger partial charge is 0.0141 e. The highest BCUT2D eigenvalue weighted by Gasteiger charge is 2.29. The second-order valence-corrected chi connectivity index (χ2v) is 33.3. The molecule has 0 nitrogen and oxygen atoms in total. The van der Waals surface area contributed by atoms with Crippen molar-refractivity contribution in [2.75, 3.05) is 0 Å². The molecule has 0 aliphatic heterocycles. The van der Waals surface area contributed by atoms with Crippen molar-refractivity contribution in [3.8, 4) is 0 Å². The first-order valence-corrected chi connectivity index (χ1v) is 17.7. The molecule has 0 saturated carbocycles. The number of rotatable bonds is 0. The van der Waals surface area contributed by atoms with Crippen molar-refractivity contribution in [2.45, 2.75) is 104 Å². The molecule has 0 aliphatic carbocycles. The highest BCUT2D eigenvalue weighted by atomic mass is 32.6. The summed E-state index contributed by atoms with van der Waals surface area (Å²) in [4.78, 5) is 0. The van der Waals surface area contributed by atoms with Gasteiger partial charge in [0.1, 0.15) is 0 Å². The zero-order chi connectivity index (χ0) is 17.0. The first-order valence-electron chi connectivity index (χ1n) is 7.89. The molecule has 0 spiro atoms. The van der Waals surface area contributed by atoms with Crippen molar-refractivity contribution >= 4 is 35.1 Å². The van der Waals surface area contributed by atoms with Gasteiger partial charge in [0.25, 0.3) is 0 Å². The molecule has 1 rings (SSSR count). The van der Waals surface area contributed by atoms with Crippen LogP contribution in [-0.4, -0.2) is 0 Å². The molecule has 0 saturated heterocycles. The van der Waals surface area contributed by atoms with E-state index in [1.165, 1.54) is 0 Å². The van der Waals surface area contributed by atoms with Crippen LogP contribution in [0.3, 0.4) is 0 Å². The highest BCUT2D eigenvalue weighted by Crippen LogP contribution is 2.94. The largest absolute Gasteiger partial charge is 0.226 e. The molecule has 1 aromatic heterocycles. The van der Waals surface area contributed by atoms with Crippen molar-refractivity contribution in [3.05, 3.63) is 0 Å². The summed E-state index contributed by atoms with van der Waals surface area (Å²) >= 11 is 0. The summed E-state index contributed by atoms with van der Waals surface area (Å²) in [6, 6.07) is 0. The Bertz CT molecular complexity index is 467. The summed E-state index contributed by atoms with van der Waals surface area (Å²) in [5.74, 6) is 0. The van der Waals surface area contributed by atoms with E-state index < -0.39 is 0 Å². The highest BCUT2D eigenvalue weighted by molar-refractivity contribution is 8.70. The molecule has 4 atom stereocenters. The Balaban J connectivity index is 3.93. The predicted octanol–water partition coefficient (Wildman–Crippen LogP) is 10.1. The molecule has 126 valence electrons. The second kappa shape index (κ2) is 6.10. The van der Waals surface area contributed by atoms with Crippen molar-refractivity contribution in [2.24, 2.45) is 0 Å². The summed E-state index contributed by atoms with van der Waals surface area (Å²) in [5.41, 5.74) is 0. The molecular formula is C16H36P5-. The third kappa shape index (κ3) is 4.75. The van der Waals surface area contributed by atoms with Gasteiger partial charge in [0.05, 0.1) is 0 Å². The SMILES string of the molecule is CC(C)(C)p1[p-]p(C(C)(C)C)p(C(C)(C)C)p1C(C)(C)C. The Labute approximate surface area is 139 Å². The van der Waals surface area contributed by atoms with Gasteiger partial charge in [0.2, 0.25) is 0 Å². The maximum atomic E-state index is 2.54. The molecular weight excluding hydrogens is 347 g/mol. The standard InChI is InChI=1S/C16H36P5/c1-13(2,3)18-17-19(14(4,5)6)21(16(10,11)12)20(18)15(7,8)9/h1-12H3/q-1. The van der Waals surface area contributed by atoms with Gasteiger partial charge < -0.3 is 0 Å². The van der Waals surface area contributed by atoms with E-state index in [2.05, 4.69) is 83.1 Å². The van der Waals surface area contributed by atoms with Crippen LogP contribution in [0, 0.1) is 0 Å². The Morgan fingerprint density at radius 2 is 0.667 bits per heavy atom. The van der Waals surface area contributed by atoms with Crippen LogP contribution in [-0.2, 0) is 20.6 Å². The summed E-state index contributed by atoms with van der Waals surface area (Å²) in [6.45, 7) is 31.0. The third-order valence-electron chi connectivity index (χ3n) is 3.11. The molecule has 0 aromatic carbocycles. The quantitative estimate of drug-likeness (QED) is 0.418. The maximum Gasteiger partial charge on any atom is -0.0141 e. The summed E-state index contributed by atoms with van der Waals surface area (Å²) in [6.07, 6.45) is 0. The molecule has 0 amide bonds. The molecule has 0 aliphatic rings. The van der Waals surface area contributed by atoms with Crippen LogP contribution >= 0.6 is 35.1 Å². The normalized spacial score (nSPS) is 18.5. The monoisotopic (exact) mass is 383 g/mol. The number of hydrogen-bond acceptors (Lipinski definition) is 0. The molecule has 0 bridgehead atoms.